The molecule has 0 aromatic heterocycles. The van der Waals surface area contributed by atoms with Crippen LogP contribution in [0.3, 0.4) is 0 Å². The Kier molecular flexibility index (Phi) is 5.11. The van der Waals surface area contributed by atoms with E-state index < -0.39 is 0 Å². The van der Waals surface area contributed by atoms with Gasteiger partial charge in [-0.05, 0) is 37.3 Å². The van der Waals surface area contributed by atoms with E-state index in [2.05, 4.69) is 35.2 Å². The molecule has 2 aliphatic heterocycles. The third-order valence-electron chi connectivity index (χ3n) is 4.73. The molecule has 120 valence electrons. The zero-order valence-corrected chi connectivity index (χ0v) is 13.4. The van der Waals surface area contributed by atoms with Crippen LogP contribution in [0.15, 0.2) is 30.3 Å². The fraction of sp³-hybridized carbons (Fsp3) is 0.611. The molecule has 22 heavy (non-hydrogen) atoms. The Labute approximate surface area is 133 Å². The summed E-state index contributed by atoms with van der Waals surface area (Å²) in [6.45, 7) is 4.81. The van der Waals surface area contributed by atoms with Gasteiger partial charge in [0.05, 0.1) is 0 Å². The number of ether oxygens (including phenoxy) is 1. The summed E-state index contributed by atoms with van der Waals surface area (Å²) in [5, 5.41) is 0. The van der Waals surface area contributed by atoms with Gasteiger partial charge in [-0.3, -0.25) is 9.69 Å². The summed E-state index contributed by atoms with van der Waals surface area (Å²) in [6, 6.07) is 10.6. The third kappa shape index (κ3) is 3.87. The van der Waals surface area contributed by atoms with Crippen molar-refractivity contribution >= 4 is 5.91 Å². The molecule has 0 aliphatic carbocycles. The van der Waals surface area contributed by atoms with E-state index >= 15 is 0 Å². The minimum Gasteiger partial charge on any atom is -0.368 e. The van der Waals surface area contributed by atoms with Crippen molar-refractivity contribution in [1.29, 1.82) is 0 Å². The molecule has 0 radical (unpaired) electrons. The average Bonchev–Trinajstić information content (AvgIpc) is 3.19. The molecule has 2 heterocycles. The van der Waals surface area contributed by atoms with E-state index in [4.69, 9.17) is 4.74 Å². The van der Waals surface area contributed by atoms with Gasteiger partial charge in [0.1, 0.15) is 6.10 Å². The molecule has 2 atom stereocenters. The van der Waals surface area contributed by atoms with Crippen LogP contribution in [-0.2, 0) is 16.1 Å². The fourth-order valence-electron chi connectivity index (χ4n) is 3.54. The molecule has 0 spiro atoms. The van der Waals surface area contributed by atoms with Crippen molar-refractivity contribution in [3.8, 4) is 0 Å². The zero-order valence-electron chi connectivity index (χ0n) is 13.4. The van der Waals surface area contributed by atoms with Crippen molar-refractivity contribution in [3.05, 3.63) is 35.9 Å². The minimum atomic E-state index is -0.188. The van der Waals surface area contributed by atoms with Gasteiger partial charge in [0.25, 0.3) is 5.91 Å². The van der Waals surface area contributed by atoms with Crippen LogP contribution in [0.1, 0.15) is 24.8 Å². The molecule has 2 unspecified atom stereocenters. The standard InChI is InChI=1S/C18H26N2O2/c1-19(18(21)17-8-5-11-22-17)12-16-9-10-20(14-16)13-15-6-3-2-4-7-15/h2-4,6-7,16-17H,5,8-14H2,1H3. The molecule has 1 aromatic carbocycles. The largest absolute Gasteiger partial charge is 0.368 e. The Hall–Kier alpha value is -1.39. The van der Waals surface area contributed by atoms with Gasteiger partial charge >= 0.3 is 0 Å². The lowest BCUT2D eigenvalue weighted by Gasteiger charge is -2.24. The van der Waals surface area contributed by atoms with E-state index in [0.29, 0.717) is 5.92 Å². The van der Waals surface area contributed by atoms with Crippen molar-refractivity contribution in [3.63, 3.8) is 0 Å². The average molecular weight is 302 g/mol. The van der Waals surface area contributed by atoms with Gasteiger partial charge in [-0.25, -0.2) is 0 Å². The van der Waals surface area contributed by atoms with Crippen LogP contribution in [0.25, 0.3) is 0 Å². The van der Waals surface area contributed by atoms with E-state index in [1.807, 2.05) is 11.9 Å². The molecule has 2 aliphatic rings. The first-order valence-electron chi connectivity index (χ1n) is 8.35. The van der Waals surface area contributed by atoms with Crippen LogP contribution in [0.4, 0.5) is 0 Å². The predicted molar refractivity (Wildman–Crippen MR) is 86.4 cm³/mol. The highest BCUT2D eigenvalue weighted by molar-refractivity contribution is 5.80. The molecule has 0 N–H and O–H groups in total. The molecular formula is C18H26N2O2. The van der Waals surface area contributed by atoms with Gasteiger partial charge in [-0.1, -0.05) is 30.3 Å². The second-order valence-electron chi connectivity index (χ2n) is 6.60. The number of carbonyl (C=O) groups is 1. The summed E-state index contributed by atoms with van der Waals surface area (Å²) >= 11 is 0. The summed E-state index contributed by atoms with van der Waals surface area (Å²) in [4.78, 5) is 16.7. The summed E-state index contributed by atoms with van der Waals surface area (Å²) in [5.41, 5.74) is 1.37. The lowest BCUT2D eigenvalue weighted by Crippen LogP contribution is -2.39. The summed E-state index contributed by atoms with van der Waals surface area (Å²) in [7, 11) is 1.92. The number of benzene rings is 1. The van der Waals surface area contributed by atoms with Crippen LogP contribution in [-0.4, -0.2) is 55.1 Å². The minimum absolute atomic E-state index is 0.166. The first-order chi connectivity index (χ1) is 10.7. The number of carbonyl (C=O) groups excluding carboxylic acids is 1. The maximum absolute atomic E-state index is 12.3. The van der Waals surface area contributed by atoms with Gasteiger partial charge in [0.15, 0.2) is 0 Å². The van der Waals surface area contributed by atoms with E-state index in [-0.39, 0.29) is 12.0 Å². The number of hydrogen-bond donors (Lipinski definition) is 0. The summed E-state index contributed by atoms with van der Waals surface area (Å²) < 4.78 is 5.50. The molecule has 2 fully saturated rings. The lowest BCUT2D eigenvalue weighted by atomic mass is 10.1. The second-order valence-corrected chi connectivity index (χ2v) is 6.60. The number of likely N-dealkylation sites (N-methyl/N-ethyl adjacent to an activating group) is 1. The number of nitrogens with zero attached hydrogens (tertiary/aromatic N) is 2. The quantitative estimate of drug-likeness (QED) is 0.835. The zero-order chi connectivity index (χ0) is 15.4. The van der Waals surface area contributed by atoms with Crippen LogP contribution >= 0.6 is 0 Å². The van der Waals surface area contributed by atoms with Gasteiger partial charge < -0.3 is 9.64 Å². The van der Waals surface area contributed by atoms with E-state index in [0.717, 1.165) is 45.6 Å². The Morgan fingerprint density at radius 2 is 2.14 bits per heavy atom. The van der Waals surface area contributed by atoms with Gasteiger partial charge in [-0.2, -0.15) is 0 Å². The second kappa shape index (κ2) is 7.25. The maximum atomic E-state index is 12.3. The van der Waals surface area contributed by atoms with Crippen LogP contribution in [0.5, 0.6) is 0 Å². The molecule has 4 nitrogen and oxygen atoms in total. The van der Waals surface area contributed by atoms with Crippen LogP contribution < -0.4 is 0 Å². The van der Waals surface area contributed by atoms with E-state index in [9.17, 15) is 4.79 Å². The lowest BCUT2D eigenvalue weighted by molar-refractivity contribution is -0.140. The maximum Gasteiger partial charge on any atom is 0.251 e. The Bertz CT molecular complexity index is 485. The highest BCUT2D eigenvalue weighted by atomic mass is 16.5. The fourth-order valence-corrected chi connectivity index (χ4v) is 3.54. The first-order valence-corrected chi connectivity index (χ1v) is 8.35. The molecular weight excluding hydrogens is 276 g/mol. The summed E-state index contributed by atoms with van der Waals surface area (Å²) in [5.74, 6) is 0.748. The van der Waals surface area contributed by atoms with Gasteiger partial charge in [0.2, 0.25) is 0 Å². The number of hydrogen-bond acceptors (Lipinski definition) is 3. The molecule has 2 saturated heterocycles. The number of amides is 1. The van der Waals surface area contributed by atoms with Gasteiger partial charge in [0, 0.05) is 33.3 Å². The number of rotatable bonds is 5. The first kappa shape index (κ1) is 15.5. The molecule has 4 heteroatoms. The molecule has 1 amide bonds. The highest BCUT2D eigenvalue weighted by Crippen LogP contribution is 2.21. The van der Waals surface area contributed by atoms with Crippen molar-refractivity contribution < 1.29 is 9.53 Å². The summed E-state index contributed by atoms with van der Waals surface area (Å²) in [6.07, 6.45) is 2.88. The van der Waals surface area contributed by atoms with Crippen LogP contribution in [0, 0.1) is 5.92 Å². The number of likely N-dealkylation sites (tertiary alicyclic amines) is 1. The third-order valence-corrected chi connectivity index (χ3v) is 4.73. The monoisotopic (exact) mass is 302 g/mol. The van der Waals surface area contributed by atoms with Crippen LogP contribution in [0.2, 0.25) is 0 Å². The van der Waals surface area contributed by atoms with E-state index in [1.54, 1.807) is 0 Å². The topological polar surface area (TPSA) is 32.8 Å². The molecule has 1 aromatic rings. The Morgan fingerprint density at radius 1 is 1.32 bits per heavy atom. The van der Waals surface area contributed by atoms with Crippen molar-refractivity contribution in [2.75, 3.05) is 33.3 Å². The smallest absolute Gasteiger partial charge is 0.251 e. The molecule has 0 bridgehead atoms. The highest BCUT2D eigenvalue weighted by Gasteiger charge is 2.29. The Balaban J connectivity index is 1.45. The van der Waals surface area contributed by atoms with E-state index in [1.165, 1.54) is 12.0 Å². The molecule has 0 saturated carbocycles. The Morgan fingerprint density at radius 3 is 2.86 bits per heavy atom. The van der Waals surface area contributed by atoms with Gasteiger partial charge in [-0.15, -0.1) is 0 Å². The SMILES string of the molecule is CN(CC1CCN(Cc2ccccc2)C1)C(=O)C1CCCO1. The molecule has 3 rings (SSSR count). The van der Waals surface area contributed by atoms with Crippen molar-refractivity contribution in [2.24, 2.45) is 5.92 Å². The van der Waals surface area contributed by atoms with Crippen molar-refractivity contribution in [2.45, 2.75) is 31.9 Å². The van der Waals surface area contributed by atoms with Crippen molar-refractivity contribution in [1.82, 2.24) is 9.80 Å². The normalized spacial score (nSPS) is 25.5. The predicted octanol–water partition coefficient (Wildman–Crippen LogP) is 2.15.